The minimum Gasteiger partial charge on any atom is -0.548 e. The molecule has 0 aromatic heterocycles. The molecule has 0 saturated carbocycles. The summed E-state index contributed by atoms with van der Waals surface area (Å²) in [6.07, 6.45) is 0. The molecule has 1 N–H and O–H groups in total. The highest BCUT2D eigenvalue weighted by atomic mass is 16.5. The van der Waals surface area contributed by atoms with Crippen LogP contribution in [0.15, 0.2) is 18.2 Å². The summed E-state index contributed by atoms with van der Waals surface area (Å²) in [7, 11) is 0. The number of carbonyl (C=O) groups excluding carboxylic acids is 2. The van der Waals surface area contributed by atoms with E-state index < -0.39 is 18.4 Å². The zero-order valence-corrected chi connectivity index (χ0v) is 10.9. The molecule has 0 fully saturated rings. The van der Waals surface area contributed by atoms with Crippen molar-refractivity contribution in [2.45, 2.75) is 13.8 Å². The monoisotopic (exact) mass is 266 g/mol. The topological polar surface area (TPSA) is 87.7 Å². The fraction of sp³-hybridized carbons (Fsp3) is 0.385. The Labute approximate surface area is 111 Å². The second-order valence-corrected chi connectivity index (χ2v) is 3.58. The van der Waals surface area contributed by atoms with Crippen LogP contribution in [0.2, 0.25) is 0 Å². The van der Waals surface area contributed by atoms with Crippen molar-refractivity contribution in [3.8, 4) is 11.5 Å². The van der Waals surface area contributed by atoms with E-state index >= 15 is 0 Å². The summed E-state index contributed by atoms with van der Waals surface area (Å²) in [5.41, 5.74) is 0.299. The number of aliphatic carboxylic acids is 1. The van der Waals surface area contributed by atoms with Crippen molar-refractivity contribution >= 4 is 11.9 Å². The first-order chi connectivity index (χ1) is 9.08. The van der Waals surface area contributed by atoms with Crippen molar-refractivity contribution in [2.24, 2.45) is 0 Å². The van der Waals surface area contributed by atoms with Crippen LogP contribution in [-0.4, -0.2) is 31.6 Å². The number of rotatable bonds is 7. The molecule has 6 nitrogen and oxygen atoms in total. The van der Waals surface area contributed by atoms with E-state index in [1.54, 1.807) is 6.07 Å². The van der Waals surface area contributed by atoms with E-state index in [1.807, 2.05) is 13.8 Å². The van der Waals surface area contributed by atoms with Crippen LogP contribution in [0, 0.1) is 0 Å². The first kappa shape index (κ1) is 14.8. The molecule has 0 unspecified atom stereocenters. The Morgan fingerprint density at radius 3 is 2.37 bits per heavy atom. The minimum atomic E-state index is -1.34. The van der Waals surface area contributed by atoms with Crippen LogP contribution in [0.5, 0.6) is 11.5 Å². The van der Waals surface area contributed by atoms with Crippen LogP contribution in [0.4, 0.5) is 0 Å². The molecule has 1 aromatic rings. The maximum absolute atomic E-state index is 11.7. The van der Waals surface area contributed by atoms with E-state index in [0.29, 0.717) is 30.3 Å². The fourth-order valence-electron chi connectivity index (χ4n) is 1.45. The number of hydrogen-bond acceptors (Lipinski definition) is 5. The SMILES string of the molecule is CCOc1ccc(C(=O)NCC(=O)[O-])cc1OCC. The lowest BCUT2D eigenvalue weighted by molar-refractivity contribution is -0.303. The van der Waals surface area contributed by atoms with Gasteiger partial charge >= 0.3 is 0 Å². The maximum Gasteiger partial charge on any atom is 0.251 e. The summed E-state index contributed by atoms with van der Waals surface area (Å²) in [5, 5.41) is 12.5. The molecule has 1 aromatic carbocycles. The summed E-state index contributed by atoms with van der Waals surface area (Å²) < 4.78 is 10.7. The van der Waals surface area contributed by atoms with Crippen LogP contribution in [-0.2, 0) is 4.79 Å². The number of nitrogens with one attached hydrogen (secondary N) is 1. The van der Waals surface area contributed by atoms with E-state index in [0.717, 1.165) is 0 Å². The van der Waals surface area contributed by atoms with Gasteiger partial charge in [0, 0.05) is 5.56 Å². The molecular formula is C13H16NO5-. The Kier molecular flexibility index (Phi) is 5.66. The number of amides is 1. The number of benzene rings is 1. The molecule has 19 heavy (non-hydrogen) atoms. The van der Waals surface area contributed by atoms with Gasteiger partial charge in [0.05, 0.1) is 25.7 Å². The van der Waals surface area contributed by atoms with Crippen molar-refractivity contribution in [3.63, 3.8) is 0 Å². The molecule has 0 saturated heterocycles. The fourth-order valence-corrected chi connectivity index (χ4v) is 1.45. The first-order valence-electron chi connectivity index (χ1n) is 5.96. The van der Waals surface area contributed by atoms with Crippen molar-refractivity contribution in [1.82, 2.24) is 5.32 Å². The van der Waals surface area contributed by atoms with E-state index in [2.05, 4.69) is 5.32 Å². The first-order valence-corrected chi connectivity index (χ1v) is 5.96. The molecule has 0 aliphatic carbocycles. The predicted octanol–water partition coefficient (Wildman–Crippen LogP) is -0.0363. The molecule has 104 valence electrons. The van der Waals surface area contributed by atoms with Crippen LogP contribution < -0.4 is 19.9 Å². The molecule has 6 heteroatoms. The molecule has 0 spiro atoms. The van der Waals surface area contributed by atoms with Gasteiger partial charge in [-0.1, -0.05) is 0 Å². The molecule has 0 heterocycles. The van der Waals surface area contributed by atoms with Crippen molar-refractivity contribution in [2.75, 3.05) is 19.8 Å². The van der Waals surface area contributed by atoms with E-state index in [-0.39, 0.29) is 0 Å². The lowest BCUT2D eigenvalue weighted by atomic mass is 10.2. The predicted molar refractivity (Wildman–Crippen MR) is 66.1 cm³/mol. The number of carboxylic acids is 1. The van der Waals surface area contributed by atoms with Crippen LogP contribution >= 0.6 is 0 Å². The van der Waals surface area contributed by atoms with Gasteiger partial charge in [-0.3, -0.25) is 4.79 Å². The standard InChI is InChI=1S/C13H17NO5/c1-3-18-10-6-5-9(7-11(10)19-4-2)13(17)14-8-12(15)16/h5-7H,3-4,8H2,1-2H3,(H,14,17)(H,15,16)/p-1. The van der Waals surface area contributed by atoms with Gasteiger partial charge in [0.15, 0.2) is 11.5 Å². The molecule has 0 bridgehead atoms. The van der Waals surface area contributed by atoms with E-state index in [1.165, 1.54) is 12.1 Å². The zero-order valence-electron chi connectivity index (χ0n) is 10.9. The van der Waals surface area contributed by atoms with Gasteiger partial charge in [-0.05, 0) is 32.0 Å². The van der Waals surface area contributed by atoms with Gasteiger partial charge in [0.25, 0.3) is 5.91 Å². The summed E-state index contributed by atoms with van der Waals surface area (Å²) in [6, 6.07) is 4.67. The molecule has 0 radical (unpaired) electrons. The van der Waals surface area contributed by atoms with Crippen LogP contribution in [0.3, 0.4) is 0 Å². The number of carboxylic acid groups (broad SMARTS) is 1. The van der Waals surface area contributed by atoms with Gasteiger partial charge in [0.1, 0.15) is 0 Å². The van der Waals surface area contributed by atoms with Crippen LogP contribution in [0.1, 0.15) is 24.2 Å². The van der Waals surface area contributed by atoms with Gasteiger partial charge in [-0.25, -0.2) is 0 Å². The Balaban J connectivity index is 2.87. The van der Waals surface area contributed by atoms with Crippen LogP contribution in [0.25, 0.3) is 0 Å². The summed E-state index contributed by atoms with van der Waals surface area (Å²) in [5.74, 6) is -0.858. The van der Waals surface area contributed by atoms with Gasteiger partial charge in [0.2, 0.25) is 0 Å². The largest absolute Gasteiger partial charge is 0.548 e. The minimum absolute atomic E-state index is 0.299. The zero-order chi connectivity index (χ0) is 14.3. The number of carbonyl (C=O) groups is 2. The summed E-state index contributed by atoms with van der Waals surface area (Å²) in [4.78, 5) is 21.9. The second-order valence-electron chi connectivity index (χ2n) is 3.58. The molecule has 1 amide bonds. The Morgan fingerprint density at radius 1 is 1.16 bits per heavy atom. The molecule has 1 rings (SSSR count). The van der Waals surface area contributed by atoms with Gasteiger partial charge in [-0.15, -0.1) is 0 Å². The average Bonchev–Trinajstić information content (AvgIpc) is 2.38. The molecule has 0 aliphatic heterocycles. The van der Waals surface area contributed by atoms with Crippen molar-refractivity contribution < 1.29 is 24.2 Å². The third kappa shape index (κ3) is 4.50. The molecule has 0 aliphatic rings. The normalized spacial score (nSPS) is 9.79. The van der Waals surface area contributed by atoms with E-state index in [4.69, 9.17) is 9.47 Å². The van der Waals surface area contributed by atoms with Crippen molar-refractivity contribution in [3.05, 3.63) is 23.8 Å². The highest BCUT2D eigenvalue weighted by Crippen LogP contribution is 2.28. The second kappa shape index (κ2) is 7.25. The van der Waals surface area contributed by atoms with E-state index in [9.17, 15) is 14.7 Å². The molecule has 0 atom stereocenters. The Hall–Kier alpha value is -2.24. The molecular weight excluding hydrogens is 250 g/mol. The smallest absolute Gasteiger partial charge is 0.251 e. The lowest BCUT2D eigenvalue weighted by Crippen LogP contribution is -2.37. The summed E-state index contributed by atoms with van der Waals surface area (Å²) >= 11 is 0. The summed E-state index contributed by atoms with van der Waals surface area (Å²) in [6.45, 7) is 4.05. The Bertz CT molecular complexity index is 458. The van der Waals surface area contributed by atoms with Gasteiger partial charge in [-0.2, -0.15) is 0 Å². The third-order valence-electron chi connectivity index (χ3n) is 2.20. The Morgan fingerprint density at radius 2 is 1.79 bits per heavy atom. The average molecular weight is 266 g/mol. The highest BCUT2D eigenvalue weighted by Gasteiger charge is 2.11. The lowest BCUT2D eigenvalue weighted by Gasteiger charge is -2.12. The quantitative estimate of drug-likeness (QED) is 0.748. The third-order valence-corrected chi connectivity index (χ3v) is 2.20. The highest BCUT2D eigenvalue weighted by molar-refractivity contribution is 5.96. The maximum atomic E-state index is 11.7. The van der Waals surface area contributed by atoms with Crippen molar-refractivity contribution in [1.29, 1.82) is 0 Å². The number of ether oxygens (including phenoxy) is 2. The number of hydrogen-bond donors (Lipinski definition) is 1. The van der Waals surface area contributed by atoms with Gasteiger partial charge < -0.3 is 24.7 Å².